The van der Waals surface area contributed by atoms with Crippen LogP contribution in [-0.2, 0) is 13.3 Å². The molecule has 2 rings (SSSR count). The number of phenolic OH excluding ortho intramolecular Hbond substituents is 2. The van der Waals surface area contributed by atoms with Crippen LogP contribution in [0.15, 0.2) is 46.4 Å². The van der Waals surface area contributed by atoms with Crippen LogP contribution in [0.25, 0.3) is 0 Å². The zero-order valence-corrected chi connectivity index (χ0v) is 30.2. The van der Waals surface area contributed by atoms with E-state index in [4.69, 9.17) is 22.8 Å². The lowest BCUT2D eigenvalue weighted by Gasteiger charge is -2.28. The van der Waals surface area contributed by atoms with Crippen LogP contribution >= 0.6 is 0 Å². The molecule has 0 spiro atoms. The van der Waals surface area contributed by atoms with Gasteiger partial charge in [0.1, 0.15) is 0 Å². The summed E-state index contributed by atoms with van der Waals surface area (Å²) in [5.74, 6) is 0.954. The molecule has 14 heteroatoms. The summed E-state index contributed by atoms with van der Waals surface area (Å²) in [6.07, 6.45) is 3.94. The number of amides is 2. The molecule has 2 amide bonds. The smallest absolute Gasteiger partial charge is 0.500 e. The first kappa shape index (κ1) is 40.5. The molecule has 0 saturated heterocycles. The fraction of sp³-hybridized carbons (Fsp3) is 0.559. The van der Waals surface area contributed by atoms with Crippen LogP contribution in [0.3, 0.4) is 0 Å². The number of rotatable bonds is 25. The van der Waals surface area contributed by atoms with E-state index >= 15 is 0 Å². The molecule has 0 atom stereocenters. The molecule has 0 unspecified atom stereocenters. The van der Waals surface area contributed by atoms with Gasteiger partial charge in [0, 0.05) is 82.1 Å². The van der Waals surface area contributed by atoms with E-state index < -0.39 is 8.80 Å². The molecule has 2 aromatic carbocycles. The van der Waals surface area contributed by atoms with Gasteiger partial charge in [-0.1, -0.05) is 12.1 Å². The van der Waals surface area contributed by atoms with Crippen molar-refractivity contribution in [1.29, 1.82) is 0 Å². The number of para-hydroxylation sites is 2. The van der Waals surface area contributed by atoms with Crippen molar-refractivity contribution in [2.45, 2.75) is 47.1 Å². The summed E-state index contributed by atoms with van der Waals surface area (Å²) in [7, 11) is -2.75. The largest absolute Gasteiger partial charge is 0.504 e. The maximum Gasteiger partial charge on any atom is 0.500 e. The van der Waals surface area contributed by atoms with Crippen LogP contribution in [0, 0.1) is 0 Å². The minimum Gasteiger partial charge on any atom is -0.504 e. The van der Waals surface area contributed by atoms with E-state index in [9.17, 15) is 15.0 Å². The molecule has 268 valence electrons. The lowest BCUT2D eigenvalue weighted by molar-refractivity contribution is 0.0708. The highest BCUT2D eigenvalue weighted by Gasteiger charge is 2.39. The highest BCUT2D eigenvalue weighted by Crippen LogP contribution is 2.29. The number of aliphatic imine (C=N–C) groups is 2. The summed E-state index contributed by atoms with van der Waals surface area (Å²) in [6, 6.07) is 11.0. The molecular formula is C34H55N5O8Si. The van der Waals surface area contributed by atoms with Crippen LogP contribution < -0.4 is 20.1 Å². The Balaban J connectivity index is 1.93. The number of nitrogens with zero attached hydrogens (tertiary/aromatic N) is 3. The lowest BCUT2D eigenvalue weighted by atomic mass is 10.2. The quantitative estimate of drug-likeness (QED) is 0.0671. The number of hydrogen-bond donors (Lipinski definition) is 4. The van der Waals surface area contributed by atoms with E-state index in [1.54, 1.807) is 36.7 Å². The number of ether oxygens (including phenoxy) is 2. The van der Waals surface area contributed by atoms with E-state index in [0.29, 0.717) is 114 Å². The fourth-order valence-corrected chi connectivity index (χ4v) is 7.40. The first-order valence-corrected chi connectivity index (χ1v) is 18.8. The number of carbonyl (C=O) groups is 1. The zero-order chi connectivity index (χ0) is 35.0. The van der Waals surface area contributed by atoms with Crippen molar-refractivity contribution in [3.05, 3.63) is 47.5 Å². The van der Waals surface area contributed by atoms with Gasteiger partial charge in [-0.15, -0.1) is 0 Å². The van der Waals surface area contributed by atoms with Gasteiger partial charge in [-0.05, 0) is 65.3 Å². The Labute approximate surface area is 286 Å². The van der Waals surface area contributed by atoms with Crippen molar-refractivity contribution in [3.63, 3.8) is 0 Å². The summed E-state index contributed by atoms with van der Waals surface area (Å²) in [4.78, 5) is 23.7. The normalized spacial score (nSPS) is 11.9. The fourth-order valence-electron chi connectivity index (χ4n) is 4.79. The Hall–Kier alpha value is -3.69. The second-order valence-corrected chi connectivity index (χ2v) is 13.2. The molecule has 0 radical (unpaired) electrons. The van der Waals surface area contributed by atoms with Crippen molar-refractivity contribution in [3.8, 4) is 23.0 Å². The molecule has 0 aromatic heterocycles. The number of phenols is 2. The Bertz CT molecular complexity index is 1180. The van der Waals surface area contributed by atoms with Gasteiger partial charge in [-0.2, -0.15) is 0 Å². The number of urea groups is 1. The Morgan fingerprint density at radius 2 is 1.21 bits per heavy atom. The van der Waals surface area contributed by atoms with E-state index in [1.165, 1.54) is 0 Å². The first-order valence-electron chi connectivity index (χ1n) is 16.9. The highest BCUT2D eigenvalue weighted by atomic mass is 28.4. The Morgan fingerprint density at radius 1 is 0.729 bits per heavy atom. The van der Waals surface area contributed by atoms with Crippen LogP contribution in [0.5, 0.6) is 23.0 Å². The molecule has 48 heavy (non-hydrogen) atoms. The number of benzene rings is 2. The molecule has 0 aliphatic heterocycles. The number of hydrogen-bond acceptors (Lipinski definition) is 11. The van der Waals surface area contributed by atoms with Gasteiger partial charge in [-0.3, -0.25) is 14.9 Å². The number of nitrogens with one attached hydrogen (secondary N) is 2. The minimum absolute atomic E-state index is 0.0582. The van der Waals surface area contributed by atoms with Gasteiger partial charge in [0.25, 0.3) is 0 Å². The van der Waals surface area contributed by atoms with Crippen molar-refractivity contribution < 1.29 is 37.8 Å². The van der Waals surface area contributed by atoms with Gasteiger partial charge in [0.2, 0.25) is 0 Å². The predicted molar refractivity (Wildman–Crippen MR) is 191 cm³/mol. The van der Waals surface area contributed by atoms with Gasteiger partial charge in [-0.25, -0.2) is 4.79 Å². The second kappa shape index (κ2) is 23.6. The van der Waals surface area contributed by atoms with Crippen LogP contribution in [0.4, 0.5) is 4.79 Å². The molecule has 0 fully saturated rings. The summed E-state index contributed by atoms with van der Waals surface area (Å²) in [5.41, 5.74) is 1.15. The van der Waals surface area contributed by atoms with Crippen molar-refractivity contribution in [2.75, 3.05) is 78.8 Å². The summed E-state index contributed by atoms with van der Waals surface area (Å²) in [6.45, 7) is 15.5. The number of aromatic hydroxyl groups is 2. The molecule has 13 nitrogen and oxygen atoms in total. The van der Waals surface area contributed by atoms with E-state index in [1.807, 2.05) is 46.8 Å². The van der Waals surface area contributed by atoms with Crippen molar-refractivity contribution in [1.82, 2.24) is 15.5 Å². The highest BCUT2D eigenvalue weighted by molar-refractivity contribution is 6.60. The molecule has 0 saturated carbocycles. The first-order chi connectivity index (χ1) is 23.3. The summed E-state index contributed by atoms with van der Waals surface area (Å²) in [5, 5.41) is 26.7. The Morgan fingerprint density at radius 3 is 1.67 bits per heavy atom. The molecular weight excluding hydrogens is 634 g/mol. The third-order valence-electron chi connectivity index (χ3n) is 6.96. The molecule has 4 N–H and O–H groups in total. The van der Waals surface area contributed by atoms with Gasteiger partial charge in [0.15, 0.2) is 23.0 Å². The van der Waals surface area contributed by atoms with E-state index in [0.717, 1.165) is 0 Å². The average Bonchev–Trinajstić information content (AvgIpc) is 3.06. The standard InChI is InChI=1S/C34H55N5O8Si/c1-6-43-30-16-11-14-28(32(30)40)26-35-19-22-39(23-20-36-27-29-15-12-17-31(33(29)41)44-7-2)24-21-38-34(42)37-18-13-25-48(45-8-3,46-9-4)47-10-5/h11-12,14-17,26-27,40-41H,6-10,13,18-25H2,1-5H3,(H2,37,38,42). The van der Waals surface area contributed by atoms with Crippen molar-refractivity contribution >= 4 is 27.3 Å². The molecule has 0 bridgehead atoms. The van der Waals surface area contributed by atoms with Crippen LogP contribution in [-0.4, -0.2) is 121 Å². The summed E-state index contributed by atoms with van der Waals surface area (Å²) < 4.78 is 28.6. The predicted octanol–water partition coefficient (Wildman–Crippen LogP) is 4.47. The zero-order valence-electron chi connectivity index (χ0n) is 29.2. The average molecular weight is 690 g/mol. The molecule has 0 heterocycles. The maximum absolute atomic E-state index is 12.5. The van der Waals surface area contributed by atoms with Gasteiger partial charge >= 0.3 is 14.8 Å². The van der Waals surface area contributed by atoms with E-state index in [-0.39, 0.29) is 17.5 Å². The molecule has 0 aliphatic carbocycles. The van der Waals surface area contributed by atoms with Crippen LogP contribution in [0.2, 0.25) is 6.04 Å². The second-order valence-electron chi connectivity index (χ2n) is 10.4. The van der Waals surface area contributed by atoms with E-state index in [2.05, 4.69) is 25.5 Å². The van der Waals surface area contributed by atoms with Gasteiger partial charge < -0.3 is 43.6 Å². The topological polar surface area (TPSA) is 156 Å². The van der Waals surface area contributed by atoms with Crippen molar-refractivity contribution in [2.24, 2.45) is 9.98 Å². The third-order valence-corrected chi connectivity index (χ3v) is 10.1. The monoisotopic (exact) mass is 689 g/mol. The lowest BCUT2D eigenvalue weighted by Crippen LogP contribution is -2.47. The SMILES string of the molecule is CCOc1cccc(C=NCCN(CCN=Cc2cccc(OCC)c2O)CCNC(=O)NCCC[Si](OCC)(OCC)OCC)c1O. The molecule has 0 aliphatic rings. The summed E-state index contributed by atoms with van der Waals surface area (Å²) >= 11 is 0. The maximum atomic E-state index is 12.5. The van der Waals surface area contributed by atoms with Gasteiger partial charge in [0.05, 0.1) is 26.3 Å². The third kappa shape index (κ3) is 14.6. The minimum atomic E-state index is -2.75. The molecule has 2 aromatic rings. The number of carbonyl (C=O) groups excluding carboxylic acids is 1. The van der Waals surface area contributed by atoms with Crippen LogP contribution in [0.1, 0.15) is 52.2 Å². The Kier molecular flexibility index (Phi) is 19.9.